The van der Waals surface area contributed by atoms with E-state index in [1.165, 1.54) is 0 Å². The molecule has 0 fully saturated rings. The summed E-state index contributed by atoms with van der Waals surface area (Å²) in [6.45, 7) is 2.16. The lowest BCUT2D eigenvalue weighted by Gasteiger charge is -2.16. The lowest BCUT2D eigenvalue weighted by Crippen LogP contribution is -2.23. The Morgan fingerprint density at radius 3 is 2.66 bits per heavy atom. The van der Waals surface area contributed by atoms with Gasteiger partial charge in [0.05, 0.1) is 18.4 Å². The summed E-state index contributed by atoms with van der Waals surface area (Å²) in [5.74, 6) is 2.15. The molecule has 148 valence electrons. The van der Waals surface area contributed by atoms with E-state index >= 15 is 0 Å². The summed E-state index contributed by atoms with van der Waals surface area (Å²) in [5, 5.41) is 14.2. The van der Waals surface area contributed by atoms with Gasteiger partial charge in [0.15, 0.2) is 5.82 Å². The zero-order valence-corrected chi connectivity index (χ0v) is 17.3. The molecule has 8 heteroatoms. The number of hydrogen-bond acceptors (Lipinski definition) is 6. The Labute approximate surface area is 173 Å². The molecule has 4 rings (SSSR count). The van der Waals surface area contributed by atoms with Crippen LogP contribution in [0.25, 0.3) is 11.4 Å². The Morgan fingerprint density at radius 1 is 1.17 bits per heavy atom. The average molecular weight is 407 g/mol. The second-order valence-electron chi connectivity index (χ2n) is 6.73. The molecule has 0 atom stereocenters. The third-order valence-corrected chi connectivity index (χ3v) is 5.69. The summed E-state index contributed by atoms with van der Waals surface area (Å²) in [6.07, 6.45) is 0. The molecule has 0 aliphatic carbocycles. The zero-order valence-electron chi connectivity index (χ0n) is 16.5. The molecule has 1 amide bonds. The number of nitrogens with zero attached hydrogens (tertiary/aromatic N) is 5. The van der Waals surface area contributed by atoms with Gasteiger partial charge in [-0.3, -0.25) is 4.79 Å². The zero-order chi connectivity index (χ0) is 20.4. The topological polar surface area (TPSA) is 72.6 Å². The molecule has 2 aromatic carbocycles. The Hall–Kier alpha value is -3.13. The third kappa shape index (κ3) is 3.88. The van der Waals surface area contributed by atoms with Crippen LogP contribution < -0.4 is 4.74 Å². The van der Waals surface area contributed by atoms with E-state index in [-0.39, 0.29) is 5.91 Å². The number of para-hydroxylation sites is 1. The largest absolute Gasteiger partial charge is 0.496 e. The van der Waals surface area contributed by atoms with Crippen LogP contribution in [0.4, 0.5) is 0 Å². The van der Waals surface area contributed by atoms with Crippen molar-refractivity contribution in [3.63, 3.8) is 0 Å². The minimum atomic E-state index is 0.0474. The van der Waals surface area contributed by atoms with E-state index in [0.29, 0.717) is 12.4 Å². The molecule has 0 radical (unpaired) electrons. The summed E-state index contributed by atoms with van der Waals surface area (Å²) in [4.78, 5) is 13.1. The number of aromatic nitrogens is 3. The van der Waals surface area contributed by atoms with E-state index in [4.69, 9.17) is 9.84 Å². The van der Waals surface area contributed by atoms with Crippen LogP contribution in [-0.4, -0.2) is 51.3 Å². The predicted octanol–water partition coefficient (Wildman–Crippen LogP) is 3.29. The predicted molar refractivity (Wildman–Crippen MR) is 113 cm³/mol. The van der Waals surface area contributed by atoms with E-state index in [0.717, 1.165) is 39.1 Å². The highest BCUT2D eigenvalue weighted by Crippen LogP contribution is 2.33. The maximum absolute atomic E-state index is 11.4. The molecule has 0 unspecified atom stereocenters. The first-order valence-corrected chi connectivity index (χ1v) is 10.2. The number of methoxy groups -OCH3 is 1. The van der Waals surface area contributed by atoms with Crippen LogP contribution in [0.5, 0.6) is 5.75 Å². The monoisotopic (exact) mass is 407 g/mol. The summed E-state index contributed by atoms with van der Waals surface area (Å²) >= 11 is 1.60. The number of thioether (sulfide) groups is 1. The van der Waals surface area contributed by atoms with Gasteiger partial charge >= 0.3 is 0 Å². The molecule has 0 bridgehead atoms. The number of carbonyl (C=O) groups is 1. The van der Waals surface area contributed by atoms with Crippen molar-refractivity contribution >= 4 is 23.4 Å². The fourth-order valence-corrected chi connectivity index (χ4v) is 3.89. The molecule has 1 aromatic heterocycles. The van der Waals surface area contributed by atoms with Crippen molar-refractivity contribution in [2.75, 3.05) is 19.9 Å². The molecule has 0 saturated carbocycles. The van der Waals surface area contributed by atoms with Gasteiger partial charge in [0.25, 0.3) is 0 Å². The van der Waals surface area contributed by atoms with Crippen molar-refractivity contribution in [1.29, 1.82) is 0 Å². The van der Waals surface area contributed by atoms with Gasteiger partial charge in [-0.05, 0) is 23.3 Å². The van der Waals surface area contributed by atoms with E-state index in [1.54, 1.807) is 42.4 Å². The number of carbonyl (C=O) groups excluding carboxylic acids is 1. The van der Waals surface area contributed by atoms with Crippen molar-refractivity contribution in [2.24, 2.45) is 5.10 Å². The van der Waals surface area contributed by atoms with Crippen molar-refractivity contribution in [3.8, 4) is 17.1 Å². The van der Waals surface area contributed by atoms with Gasteiger partial charge < -0.3 is 9.64 Å². The summed E-state index contributed by atoms with van der Waals surface area (Å²) in [5.41, 5.74) is 3.92. The van der Waals surface area contributed by atoms with Crippen LogP contribution in [0.2, 0.25) is 0 Å². The van der Waals surface area contributed by atoms with Crippen molar-refractivity contribution < 1.29 is 9.53 Å². The van der Waals surface area contributed by atoms with Gasteiger partial charge in [-0.1, -0.05) is 48.2 Å². The Morgan fingerprint density at radius 2 is 1.93 bits per heavy atom. The van der Waals surface area contributed by atoms with E-state index in [1.807, 2.05) is 48.5 Å². The van der Waals surface area contributed by atoms with Gasteiger partial charge in [-0.25, -0.2) is 0 Å². The number of benzene rings is 2. The van der Waals surface area contributed by atoms with Crippen LogP contribution in [0.3, 0.4) is 0 Å². The highest BCUT2D eigenvalue weighted by molar-refractivity contribution is 7.99. The highest BCUT2D eigenvalue weighted by atomic mass is 32.2. The van der Waals surface area contributed by atoms with Gasteiger partial charge in [-0.15, -0.1) is 10.2 Å². The molecule has 29 heavy (non-hydrogen) atoms. The first-order valence-electron chi connectivity index (χ1n) is 9.17. The Bertz CT molecular complexity index is 1070. The Balaban J connectivity index is 1.64. The van der Waals surface area contributed by atoms with E-state index < -0.39 is 0 Å². The summed E-state index contributed by atoms with van der Waals surface area (Å²) < 4.78 is 7.25. The number of rotatable bonds is 5. The highest BCUT2D eigenvalue weighted by Gasteiger charge is 2.22. The molecule has 0 spiro atoms. The normalized spacial score (nSPS) is 12.9. The quantitative estimate of drug-likeness (QED) is 0.649. The minimum Gasteiger partial charge on any atom is -0.496 e. The molecular weight excluding hydrogens is 386 g/mol. The molecule has 1 aliphatic heterocycles. The molecule has 0 N–H and O–H groups in total. The molecular formula is C21H21N5O2S. The number of hydrogen-bond donors (Lipinski definition) is 0. The van der Waals surface area contributed by atoms with Crippen LogP contribution >= 0.6 is 11.8 Å². The Kier molecular flexibility index (Phi) is 5.35. The summed E-state index contributed by atoms with van der Waals surface area (Å²) in [6, 6.07) is 15.9. The molecule has 2 heterocycles. The van der Waals surface area contributed by atoms with Gasteiger partial charge in [0.2, 0.25) is 11.1 Å². The van der Waals surface area contributed by atoms with Crippen LogP contribution in [-0.2, 0) is 11.3 Å². The maximum atomic E-state index is 11.4. The second-order valence-corrected chi connectivity index (χ2v) is 7.67. The SMILES string of the molecule is COc1ccccc1-c1nnc2n1N=C(c1ccc(CN(C)C(C)=O)cc1)CS2. The van der Waals surface area contributed by atoms with Crippen molar-refractivity contribution in [1.82, 2.24) is 19.8 Å². The van der Waals surface area contributed by atoms with Crippen molar-refractivity contribution in [2.45, 2.75) is 18.6 Å². The number of ether oxygens (including phenoxy) is 1. The van der Waals surface area contributed by atoms with Gasteiger partial charge in [0.1, 0.15) is 5.75 Å². The van der Waals surface area contributed by atoms with Crippen LogP contribution in [0.1, 0.15) is 18.1 Å². The van der Waals surface area contributed by atoms with E-state index in [9.17, 15) is 4.79 Å². The molecule has 3 aromatic rings. The standard InChI is InChI=1S/C21H21N5O2S/c1-14(27)25(2)12-15-8-10-16(11-9-15)18-13-29-21-23-22-20(26(21)24-18)17-6-4-5-7-19(17)28-3/h4-11H,12-13H2,1-3H3. The number of amides is 1. The smallest absolute Gasteiger partial charge is 0.219 e. The maximum Gasteiger partial charge on any atom is 0.219 e. The van der Waals surface area contributed by atoms with Crippen LogP contribution in [0, 0.1) is 0 Å². The lowest BCUT2D eigenvalue weighted by molar-refractivity contribution is -0.128. The van der Waals surface area contributed by atoms with Crippen molar-refractivity contribution in [3.05, 3.63) is 59.7 Å². The number of fused-ring (bicyclic) bond motifs is 1. The molecule has 0 saturated heterocycles. The average Bonchev–Trinajstić information content (AvgIpc) is 3.17. The summed E-state index contributed by atoms with van der Waals surface area (Å²) in [7, 11) is 3.44. The van der Waals surface area contributed by atoms with Gasteiger partial charge in [0, 0.05) is 26.3 Å². The molecule has 7 nitrogen and oxygen atoms in total. The van der Waals surface area contributed by atoms with E-state index in [2.05, 4.69) is 10.2 Å². The lowest BCUT2D eigenvalue weighted by atomic mass is 10.1. The minimum absolute atomic E-state index is 0.0474. The van der Waals surface area contributed by atoms with Crippen LogP contribution in [0.15, 0.2) is 58.8 Å². The second kappa shape index (κ2) is 8.08. The first-order chi connectivity index (χ1) is 14.1. The fourth-order valence-electron chi connectivity index (χ4n) is 3.05. The van der Waals surface area contributed by atoms with Gasteiger partial charge in [-0.2, -0.15) is 9.78 Å². The fraction of sp³-hybridized carbons (Fsp3) is 0.238. The molecule has 1 aliphatic rings. The first kappa shape index (κ1) is 19.2. The third-order valence-electron chi connectivity index (χ3n) is 4.76.